The lowest BCUT2D eigenvalue weighted by Crippen LogP contribution is -2.29. The number of hydrogen-bond donors (Lipinski definition) is 3. The number of fused-ring (bicyclic) bond motifs is 1. The van der Waals surface area contributed by atoms with Crippen LogP contribution in [0.2, 0.25) is 5.02 Å². The number of carbonyl (C=O) groups excluding carboxylic acids is 1. The number of nitrogens with one attached hydrogen (secondary N) is 2. The number of aromatic nitrogens is 1. The largest absolute Gasteiger partial charge is 0.396 e. The summed E-state index contributed by atoms with van der Waals surface area (Å²) in [5.74, 6) is -0.0832. The highest BCUT2D eigenvalue weighted by Gasteiger charge is 2.14. The second-order valence-corrected chi connectivity index (χ2v) is 6.18. The molecule has 5 heteroatoms. The van der Waals surface area contributed by atoms with Crippen LogP contribution >= 0.6 is 11.6 Å². The maximum Gasteiger partial charge on any atom is 0.267 e. The number of H-pyrrole nitrogens is 1. The molecule has 1 amide bonds. The summed E-state index contributed by atoms with van der Waals surface area (Å²) in [7, 11) is 0. The van der Waals surface area contributed by atoms with Crippen LogP contribution in [0.25, 0.3) is 10.9 Å². The molecule has 0 spiro atoms. The Hall–Kier alpha value is -2.30. The fourth-order valence-electron chi connectivity index (χ4n) is 2.80. The summed E-state index contributed by atoms with van der Waals surface area (Å²) in [5, 5.41) is 13.8. The van der Waals surface area contributed by atoms with Gasteiger partial charge in [0, 0.05) is 35.0 Å². The summed E-state index contributed by atoms with van der Waals surface area (Å²) in [5.41, 5.74) is 2.48. The smallest absolute Gasteiger partial charge is 0.267 e. The van der Waals surface area contributed by atoms with Gasteiger partial charge in [0.25, 0.3) is 5.91 Å². The molecular weight excluding hydrogens is 324 g/mol. The van der Waals surface area contributed by atoms with Crippen LogP contribution in [-0.4, -0.2) is 29.1 Å². The highest BCUT2D eigenvalue weighted by Crippen LogP contribution is 2.21. The van der Waals surface area contributed by atoms with Crippen molar-refractivity contribution in [3.63, 3.8) is 0 Å². The lowest BCUT2D eigenvalue weighted by atomic mass is 9.96. The van der Waals surface area contributed by atoms with Crippen LogP contribution in [0.15, 0.2) is 54.6 Å². The van der Waals surface area contributed by atoms with Gasteiger partial charge in [0.05, 0.1) is 0 Å². The van der Waals surface area contributed by atoms with Gasteiger partial charge in [0.1, 0.15) is 5.69 Å². The van der Waals surface area contributed by atoms with Crippen LogP contribution in [0.4, 0.5) is 0 Å². The van der Waals surface area contributed by atoms with E-state index in [4.69, 9.17) is 11.6 Å². The topological polar surface area (TPSA) is 65.1 Å². The molecule has 1 unspecified atom stereocenters. The predicted octanol–water partition coefficient (Wildman–Crippen LogP) is 3.72. The van der Waals surface area contributed by atoms with Crippen LogP contribution in [-0.2, 0) is 0 Å². The highest BCUT2D eigenvalue weighted by atomic mass is 35.5. The van der Waals surface area contributed by atoms with E-state index in [1.54, 1.807) is 12.1 Å². The van der Waals surface area contributed by atoms with Crippen LogP contribution < -0.4 is 5.32 Å². The predicted molar refractivity (Wildman–Crippen MR) is 96.5 cm³/mol. The van der Waals surface area contributed by atoms with Crippen molar-refractivity contribution in [2.24, 2.45) is 0 Å². The number of rotatable bonds is 6. The fourth-order valence-corrected chi connectivity index (χ4v) is 2.99. The normalized spacial score (nSPS) is 12.2. The van der Waals surface area contributed by atoms with E-state index in [1.807, 2.05) is 42.5 Å². The third-order valence-corrected chi connectivity index (χ3v) is 4.32. The van der Waals surface area contributed by atoms with E-state index < -0.39 is 0 Å². The van der Waals surface area contributed by atoms with Crippen molar-refractivity contribution in [1.82, 2.24) is 10.3 Å². The van der Waals surface area contributed by atoms with Crippen molar-refractivity contribution in [3.05, 3.63) is 70.9 Å². The lowest BCUT2D eigenvalue weighted by molar-refractivity contribution is 0.0945. The van der Waals surface area contributed by atoms with Crippen molar-refractivity contribution in [2.45, 2.75) is 12.3 Å². The molecule has 0 saturated carbocycles. The van der Waals surface area contributed by atoms with Gasteiger partial charge in [0.2, 0.25) is 0 Å². The van der Waals surface area contributed by atoms with Gasteiger partial charge < -0.3 is 15.4 Å². The minimum Gasteiger partial charge on any atom is -0.396 e. The first-order valence-electron chi connectivity index (χ1n) is 7.89. The van der Waals surface area contributed by atoms with Crippen LogP contribution in [0, 0.1) is 0 Å². The Labute approximate surface area is 145 Å². The van der Waals surface area contributed by atoms with Crippen molar-refractivity contribution in [3.8, 4) is 0 Å². The molecule has 0 aliphatic carbocycles. The third-order valence-electron chi connectivity index (χ3n) is 4.08. The van der Waals surface area contributed by atoms with Crippen molar-refractivity contribution in [2.75, 3.05) is 13.2 Å². The van der Waals surface area contributed by atoms with E-state index in [-0.39, 0.29) is 18.4 Å². The van der Waals surface area contributed by atoms with E-state index in [2.05, 4.69) is 10.3 Å². The molecule has 4 nitrogen and oxygen atoms in total. The Morgan fingerprint density at radius 1 is 1.17 bits per heavy atom. The van der Waals surface area contributed by atoms with Crippen LogP contribution in [0.1, 0.15) is 28.4 Å². The lowest BCUT2D eigenvalue weighted by Gasteiger charge is -2.16. The molecule has 0 radical (unpaired) electrons. The number of aromatic amines is 1. The quantitative estimate of drug-likeness (QED) is 0.639. The standard InChI is InChI=1S/C19H19ClN2O2/c20-16-6-7-17-15(10-16)11-18(22-17)19(24)21-12-14(8-9-23)13-4-2-1-3-5-13/h1-7,10-11,14,22-23H,8-9,12H2,(H,21,24). The van der Waals surface area contributed by atoms with Crippen LogP contribution in [0.5, 0.6) is 0 Å². The monoisotopic (exact) mass is 342 g/mol. The van der Waals surface area contributed by atoms with E-state index >= 15 is 0 Å². The first kappa shape index (κ1) is 16.6. The van der Waals surface area contributed by atoms with E-state index in [0.29, 0.717) is 23.7 Å². The number of aliphatic hydroxyl groups is 1. The third kappa shape index (κ3) is 3.78. The summed E-state index contributed by atoms with van der Waals surface area (Å²) in [4.78, 5) is 15.5. The molecule has 1 aromatic heterocycles. The van der Waals surface area contributed by atoms with E-state index in [9.17, 15) is 9.90 Å². The number of aliphatic hydroxyl groups excluding tert-OH is 1. The fraction of sp³-hybridized carbons (Fsp3) is 0.211. The molecule has 1 atom stereocenters. The summed E-state index contributed by atoms with van der Waals surface area (Å²) >= 11 is 5.97. The number of halogens is 1. The molecule has 0 aliphatic rings. The molecule has 24 heavy (non-hydrogen) atoms. The van der Waals surface area contributed by atoms with Gasteiger partial charge in [-0.05, 0) is 36.2 Å². The Morgan fingerprint density at radius 3 is 2.71 bits per heavy atom. The molecule has 3 N–H and O–H groups in total. The molecule has 2 aromatic carbocycles. The molecule has 0 saturated heterocycles. The Morgan fingerprint density at radius 2 is 1.96 bits per heavy atom. The molecule has 0 fully saturated rings. The van der Waals surface area contributed by atoms with Gasteiger partial charge in [-0.1, -0.05) is 41.9 Å². The second-order valence-electron chi connectivity index (χ2n) is 5.74. The minimum absolute atomic E-state index is 0.0824. The van der Waals surface area contributed by atoms with E-state index in [1.165, 1.54) is 0 Å². The zero-order valence-corrected chi connectivity index (χ0v) is 13.9. The maximum absolute atomic E-state index is 12.4. The Bertz CT molecular complexity index is 830. The number of hydrogen-bond acceptors (Lipinski definition) is 2. The van der Waals surface area contributed by atoms with Gasteiger partial charge in [-0.25, -0.2) is 0 Å². The van der Waals surface area contributed by atoms with Gasteiger partial charge in [0.15, 0.2) is 0 Å². The Balaban J connectivity index is 1.70. The highest BCUT2D eigenvalue weighted by molar-refractivity contribution is 6.31. The van der Waals surface area contributed by atoms with Gasteiger partial charge in [-0.3, -0.25) is 4.79 Å². The van der Waals surface area contributed by atoms with Gasteiger partial charge in [-0.15, -0.1) is 0 Å². The molecule has 0 bridgehead atoms. The summed E-state index contributed by atoms with van der Waals surface area (Å²) in [6.07, 6.45) is 0.604. The molecule has 124 valence electrons. The average Bonchev–Trinajstić information content (AvgIpc) is 3.02. The molecule has 1 heterocycles. The van der Waals surface area contributed by atoms with Gasteiger partial charge in [-0.2, -0.15) is 0 Å². The number of amides is 1. The molecule has 3 rings (SSSR count). The van der Waals surface area contributed by atoms with Crippen LogP contribution in [0.3, 0.4) is 0 Å². The first-order chi connectivity index (χ1) is 11.7. The summed E-state index contributed by atoms with van der Waals surface area (Å²) in [6, 6.07) is 17.2. The number of benzene rings is 2. The number of carbonyl (C=O) groups is 1. The molecule has 0 aliphatic heterocycles. The van der Waals surface area contributed by atoms with E-state index in [0.717, 1.165) is 16.5 Å². The van der Waals surface area contributed by atoms with Crippen molar-refractivity contribution in [1.29, 1.82) is 0 Å². The van der Waals surface area contributed by atoms with Crippen molar-refractivity contribution >= 4 is 28.4 Å². The zero-order valence-electron chi connectivity index (χ0n) is 13.1. The minimum atomic E-state index is -0.166. The molecule has 3 aromatic rings. The van der Waals surface area contributed by atoms with Crippen molar-refractivity contribution < 1.29 is 9.90 Å². The van der Waals surface area contributed by atoms with Gasteiger partial charge >= 0.3 is 0 Å². The SMILES string of the molecule is O=C(NCC(CCO)c1ccccc1)c1cc2cc(Cl)ccc2[nH]1. The summed E-state index contributed by atoms with van der Waals surface area (Å²) in [6.45, 7) is 0.555. The first-order valence-corrected chi connectivity index (χ1v) is 8.27. The second kappa shape index (κ2) is 7.51. The maximum atomic E-state index is 12.4. The molecular formula is C19H19ClN2O2. The zero-order chi connectivity index (χ0) is 16.9. The Kier molecular flexibility index (Phi) is 5.18. The summed E-state index contributed by atoms with van der Waals surface area (Å²) < 4.78 is 0. The average molecular weight is 343 g/mol.